The van der Waals surface area contributed by atoms with E-state index >= 15 is 0 Å². The van der Waals surface area contributed by atoms with E-state index in [2.05, 4.69) is 5.32 Å². The Balaban J connectivity index is 2.16. The van der Waals surface area contributed by atoms with Crippen molar-refractivity contribution in [1.29, 1.82) is 0 Å². The molecule has 0 amide bonds. The molecular weight excluding hydrogens is 205 g/mol. The van der Waals surface area contributed by atoms with Crippen molar-refractivity contribution >= 4 is 0 Å². The molecule has 1 aliphatic heterocycles. The second kappa shape index (κ2) is 4.20. The van der Waals surface area contributed by atoms with Gasteiger partial charge in [-0.25, -0.2) is 13.2 Å². The number of hydrogen-bond acceptors (Lipinski definition) is 2. The molecule has 0 spiro atoms. The molecule has 82 valence electrons. The molecule has 4 atom stereocenters. The first-order chi connectivity index (χ1) is 7.18. The van der Waals surface area contributed by atoms with Crippen LogP contribution in [0.2, 0.25) is 0 Å². The van der Waals surface area contributed by atoms with E-state index in [9.17, 15) is 13.2 Å². The van der Waals surface area contributed by atoms with Crippen molar-refractivity contribution in [3.8, 4) is 0 Å². The minimum atomic E-state index is -2.00. The molecule has 0 aliphatic carbocycles. The predicted octanol–water partition coefficient (Wildman–Crippen LogP) is 1.81. The molecule has 15 heavy (non-hydrogen) atoms. The van der Waals surface area contributed by atoms with Gasteiger partial charge in [0.25, 0.3) is 0 Å². The second-order valence-electron chi connectivity index (χ2n) is 3.43. The van der Waals surface area contributed by atoms with Gasteiger partial charge in [-0.2, -0.15) is 0 Å². The third-order valence-electron chi connectivity index (χ3n) is 2.37. The Hall–Kier alpha value is -1.07. The zero-order valence-corrected chi connectivity index (χ0v) is 7.83. The van der Waals surface area contributed by atoms with Crippen LogP contribution >= 0.6 is 0 Å². The quantitative estimate of drug-likeness (QED) is 0.699. The highest BCUT2D eigenvalue weighted by atomic mass is 19.2. The predicted molar refractivity (Wildman–Crippen MR) is 50.1 cm³/mol. The van der Waals surface area contributed by atoms with Crippen molar-refractivity contribution in [3.05, 3.63) is 35.9 Å². The van der Waals surface area contributed by atoms with E-state index in [1.165, 1.54) is 0 Å². The highest BCUT2D eigenvalue weighted by Gasteiger charge is 2.37. The molecule has 1 heterocycles. The highest BCUT2D eigenvalue weighted by Crippen LogP contribution is 2.23. The van der Waals surface area contributed by atoms with Crippen molar-refractivity contribution in [3.63, 3.8) is 0 Å². The normalized spacial score (nSPS) is 36.5. The van der Waals surface area contributed by atoms with E-state index in [-0.39, 0.29) is 0 Å². The highest BCUT2D eigenvalue weighted by molar-refractivity contribution is 5.20. The summed E-state index contributed by atoms with van der Waals surface area (Å²) in [5, 5.41) is 4.16. The van der Waals surface area contributed by atoms with Gasteiger partial charge in [0.15, 0.2) is 18.9 Å². The molecule has 0 aromatic heterocycles. The molecule has 1 aromatic rings. The molecule has 2 nitrogen and oxygen atoms in total. The molecule has 0 saturated carbocycles. The summed E-state index contributed by atoms with van der Waals surface area (Å²) in [6, 6.07) is 7.69. The Morgan fingerprint density at radius 3 is 2.07 bits per heavy atom. The van der Waals surface area contributed by atoms with Crippen LogP contribution in [0.15, 0.2) is 30.3 Å². The summed E-state index contributed by atoms with van der Waals surface area (Å²) in [6.45, 7) is 0. The SMILES string of the molecule is FC1NC(F)C(c2ccccc2)NC1F. The Bertz CT molecular complexity index is 320. The summed E-state index contributed by atoms with van der Waals surface area (Å²) < 4.78 is 39.1. The molecular formula is C10H11F3N2. The number of benzene rings is 1. The lowest BCUT2D eigenvalue weighted by Crippen LogP contribution is -2.57. The maximum Gasteiger partial charge on any atom is 0.198 e. The first-order valence-corrected chi connectivity index (χ1v) is 4.68. The average molecular weight is 216 g/mol. The zero-order valence-electron chi connectivity index (χ0n) is 7.83. The summed E-state index contributed by atoms with van der Waals surface area (Å²) in [7, 11) is 0. The van der Waals surface area contributed by atoms with Gasteiger partial charge in [0.1, 0.15) is 0 Å². The van der Waals surface area contributed by atoms with E-state index in [0.29, 0.717) is 5.56 Å². The maximum absolute atomic E-state index is 13.4. The zero-order chi connectivity index (χ0) is 10.8. The standard InChI is InChI=1S/C10H11F3N2/c11-8-7(6-4-2-1-3-5-6)14-9(12)10(13)15-8/h1-5,7-10,14-15H. The maximum atomic E-state index is 13.4. The smallest absolute Gasteiger partial charge is 0.198 e. The third-order valence-corrected chi connectivity index (χ3v) is 2.37. The van der Waals surface area contributed by atoms with Crippen molar-refractivity contribution in [2.24, 2.45) is 0 Å². The van der Waals surface area contributed by atoms with Crippen LogP contribution in [0.1, 0.15) is 11.6 Å². The van der Waals surface area contributed by atoms with Crippen molar-refractivity contribution < 1.29 is 13.2 Å². The number of piperazine rings is 1. The Morgan fingerprint density at radius 1 is 0.800 bits per heavy atom. The number of nitrogens with one attached hydrogen (secondary N) is 2. The molecule has 0 radical (unpaired) electrons. The Labute approximate surface area is 85.5 Å². The number of halogens is 3. The molecule has 5 heteroatoms. The lowest BCUT2D eigenvalue weighted by atomic mass is 10.0. The minimum Gasteiger partial charge on any atom is -0.273 e. The van der Waals surface area contributed by atoms with E-state index in [4.69, 9.17) is 0 Å². The van der Waals surface area contributed by atoms with Crippen molar-refractivity contribution in [1.82, 2.24) is 10.6 Å². The van der Waals surface area contributed by atoms with Gasteiger partial charge in [-0.05, 0) is 5.56 Å². The lowest BCUT2D eigenvalue weighted by molar-refractivity contribution is -0.000829. The van der Waals surface area contributed by atoms with E-state index < -0.39 is 24.9 Å². The molecule has 1 saturated heterocycles. The van der Waals surface area contributed by atoms with Crippen LogP contribution in [-0.2, 0) is 0 Å². The van der Waals surface area contributed by atoms with Gasteiger partial charge in [-0.3, -0.25) is 10.6 Å². The summed E-state index contributed by atoms with van der Waals surface area (Å²) in [4.78, 5) is 0. The minimum absolute atomic E-state index is 0.590. The number of hydrogen-bond donors (Lipinski definition) is 2. The molecule has 2 N–H and O–H groups in total. The van der Waals surface area contributed by atoms with Gasteiger partial charge in [-0.1, -0.05) is 30.3 Å². The lowest BCUT2D eigenvalue weighted by Gasteiger charge is -2.33. The molecule has 2 rings (SSSR count). The van der Waals surface area contributed by atoms with Crippen LogP contribution in [0.4, 0.5) is 13.2 Å². The fourth-order valence-corrected chi connectivity index (χ4v) is 1.60. The van der Waals surface area contributed by atoms with Gasteiger partial charge >= 0.3 is 0 Å². The Kier molecular flexibility index (Phi) is 2.93. The summed E-state index contributed by atoms with van der Waals surface area (Å²) in [5.74, 6) is 0. The van der Waals surface area contributed by atoms with Crippen LogP contribution in [0.3, 0.4) is 0 Å². The number of alkyl halides is 3. The largest absolute Gasteiger partial charge is 0.273 e. The molecule has 1 aromatic carbocycles. The van der Waals surface area contributed by atoms with Gasteiger partial charge in [0.05, 0.1) is 6.04 Å². The van der Waals surface area contributed by atoms with Crippen LogP contribution in [0, 0.1) is 0 Å². The second-order valence-corrected chi connectivity index (χ2v) is 3.43. The summed E-state index contributed by atoms with van der Waals surface area (Å²) >= 11 is 0. The van der Waals surface area contributed by atoms with Gasteiger partial charge in [0.2, 0.25) is 0 Å². The fourth-order valence-electron chi connectivity index (χ4n) is 1.60. The van der Waals surface area contributed by atoms with Crippen molar-refractivity contribution in [2.45, 2.75) is 24.9 Å². The van der Waals surface area contributed by atoms with Gasteiger partial charge in [0, 0.05) is 0 Å². The van der Waals surface area contributed by atoms with Crippen LogP contribution in [-0.4, -0.2) is 18.9 Å². The fraction of sp³-hybridized carbons (Fsp3) is 0.400. The summed E-state index contributed by atoms with van der Waals surface area (Å²) in [6.07, 6.45) is -5.52. The third kappa shape index (κ3) is 2.13. The molecule has 1 aliphatic rings. The van der Waals surface area contributed by atoms with Crippen LogP contribution < -0.4 is 10.6 Å². The first-order valence-electron chi connectivity index (χ1n) is 4.68. The van der Waals surface area contributed by atoms with E-state index in [1.807, 2.05) is 5.32 Å². The van der Waals surface area contributed by atoms with Crippen LogP contribution in [0.25, 0.3) is 0 Å². The average Bonchev–Trinajstić information content (AvgIpc) is 2.25. The van der Waals surface area contributed by atoms with E-state index in [0.717, 1.165) is 0 Å². The first kappa shape index (κ1) is 10.4. The monoisotopic (exact) mass is 216 g/mol. The van der Waals surface area contributed by atoms with Gasteiger partial charge in [-0.15, -0.1) is 0 Å². The van der Waals surface area contributed by atoms with Crippen LogP contribution in [0.5, 0.6) is 0 Å². The Morgan fingerprint density at radius 2 is 1.40 bits per heavy atom. The molecule has 0 bridgehead atoms. The van der Waals surface area contributed by atoms with Gasteiger partial charge < -0.3 is 0 Å². The summed E-state index contributed by atoms with van der Waals surface area (Å²) in [5.41, 5.74) is 0.590. The molecule has 4 unspecified atom stereocenters. The molecule has 1 fully saturated rings. The number of rotatable bonds is 1. The van der Waals surface area contributed by atoms with E-state index in [1.54, 1.807) is 30.3 Å². The van der Waals surface area contributed by atoms with Crippen molar-refractivity contribution in [2.75, 3.05) is 0 Å². The topological polar surface area (TPSA) is 24.1 Å².